The number of rotatable bonds is 6. The number of imide groups is 1. The average Bonchev–Trinajstić information content (AvgIpc) is 3.37. The quantitative estimate of drug-likeness (QED) is 0.669. The minimum Gasteiger partial charge on any atom is -0.491 e. The summed E-state index contributed by atoms with van der Waals surface area (Å²) in [6.45, 7) is 1.15. The molecule has 4 rings (SSSR count). The Labute approximate surface area is 185 Å². The first-order chi connectivity index (χ1) is 15.0. The average molecular weight is 441 g/mol. The number of ether oxygens (including phenoxy) is 2. The van der Waals surface area contributed by atoms with Crippen molar-refractivity contribution in [3.63, 3.8) is 0 Å². The van der Waals surface area contributed by atoms with Crippen molar-refractivity contribution in [1.82, 2.24) is 9.80 Å². The van der Waals surface area contributed by atoms with E-state index in [1.807, 2.05) is 42.5 Å². The molecule has 0 aliphatic carbocycles. The minimum absolute atomic E-state index is 0.104. The van der Waals surface area contributed by atoms with E-state index in [0.717, 1.165) is 35.1 Å². The smallest absolute Gasteiger partial charge is 0.410 e. The van der Waals surface area contributed by atoms with Crippen molar-refractivity contribution in [3.05, 3.63) is 65.7 Å². The lowest BCUT2D eigenvalue weighted by molar-refractivity contribution is -0.125. The number of para-hydroxylation sites is 1. The summed E-state index contributed by atoms with van der Waals surface area (Å²) in [4.78, 5) is 39.7. The number of amides is 3. The Morgan fingerprint density at radius 2 is 1.84 bits per heavy atom. The van der Waals surface area contributed by atoms with Gasteiger partial charge < -0.3 is 14.4 Å². The zero-order valence-corrected chi connectivity index (χ0v) is 18.0. The summed E-state index contributed by atoms with van der Waals surface area (Å²) in [5, 5.41) is -0.878. The van der Waals surface area contributed by atoms with Gasteiger partial charge in [-0.05, 0) is 36.2 Å². The number of carbonyl (C=O) groups is 3. The summed E-state index contributed by atoms with van der Waals surface area (Å²) in [6.07, 6.45) is 1.35. The van der Waals surface area contributed by atoms with Crippen molar-refractivity contribution >= 4 is 29.0 Å². The Kier molecular flexibility index (Phi) is 6.46. The van der Waals surface area contributed by atoms with Crippen LogP contribution >= 0.6 is 11.8 Å². The number of likely N-dealkylation sites (tertiary alicyclic amines) is 1. The molecule has 31 heavy (non-hydrogen) atoms. The topological polar surface area (TPSA) is 76.2 Å². The molecule has 2 aliphatic rings. The number of thioether (sulfide) groups is 1. The predicted molar refractivity (Wildman–Crippen MR) is 117 cm³/mol. The van der Waals surface area contributed by atoms with Gasteiger partial charge in [0.1, 0.15) is 24.2 Å². The molecule has 8 heteroatoms. The molecule has 0 radical (unpaired) electrons. The summed E-state index contributed by atoms with van der Waals surface area (Å²) < 4.78 is 11.5. The lowest BCUT2D eigenvalue weighted by Gasteiger charge is -2.25. The van der Waals surface area contributed by atoms with Crippen molar-refractivity contribution < 1.29 is 23.9 Å². The molecule has 2 atom stereocenters. The van der Waals surface area contributed by atoms with E-state index in [0.29, 0.717) is 24.5 Å². The largest absolute Gasteiger partial charge is 0.491 e. The molecule has 0 saturated carbocycles. The Hall–Kier alpha value is -3.00. The summed E-state index contributed by atoms with van der Waals surface area (Å²) in [5.41, 5.74) is 1.61. The highest BCUT2D eigenvalue weighted by molar-refractivity contribution is 8.15. The fraction of sp³-hybridized carbons (Fsp3) is 0.348. The number of hydrogen-bond donors (Lipinski definition) is 0. The van der Waals surface area contributed by atoms with Gasteiger partial charge in [-0.1, -0.05) is 48.5 Å². The molecule has 2 fully saturated rings. The van der Waals surface area contributed by atoms with Crippen LogP contribution in [0.2, 0.25) is 0 Å². The molecule has 0 N–H and O–H groups in total. The van der Waals surface area contributed by atoms with Crippen molar-refractivity contribution in [3.8, 4) is 5.75 Å². The number of hydrogen-bond acceptors (Lipinski definition) is 6. The Morgan fingerprint density at radius 1 is 1.10 bits per heavy atom. The van der Waals surface area contributed by atoms with Crippen LogP contribution in [0.1, 0.15) is 29.2 Å². The van der Waals surface area contributed by atoms with E-state index in [9.17, 15) is 14.4 Å². The highest BCUT2D eigenvalue weighted by Crippen LogP contribution is 2.42. The molecule has 7 nitrogen and oxygen atoms in total. The van der Waals surface area contributed by atoms with Crippen molar-refractivity contribution in [2.75, 3.05) is 20.2 Å². The van der Waals surface area contributed by atoms with Crippen LogP contribution in [0.5, 0.6) is 5.75 Å². The zero-order chi connectivity index (χ0) is 21.8. The standard InChI is InChI=1S/C23H24N2O5S/c1-24-21(26)20(31-23(24)28)18-11-5-6-12-19(18)29-15-17-10-7-13-25(17)22(27)30-14-16-8-3-2-4-9-16/h2-6,8-9,11-12,17,20H,7,10,13-15H2,1H3/t17-,20?/m0/s1. The molecule has 162 valence electrons. The monoisotopic (exact) mass is 440 g/mol. The van der Waals surface area contributed by atoms with Crippen LogP contribution in [0, 0.1) is 0 Å². The molecular formula is C23H24N2O5S. The second-order valence-electron chi connectivity index (χ2n) is 7.54. The first kappa shape index (κ1) is 21.2. The van der Waals surface area contributed by atoms with E-state index in [-0.39, 0.29) is 29.9 Å². The van der Waals surface area contributed by atoms with Crippen LogP contribution in [-0.2, 0) is 16.1 Å². The van der Waals surface area contributed by atoms with Crippen molar-refractivity contribution in [1.29, 1.82) is 0 Å². The predicted octanol–water partition coefficient (Wildman–Crippen LogP) is 4.23. The Balaban J connectivity index is 1.38. The first-order valence-corrected chi connectivity index (χ1v) is 11.1. The molecule has 2 saturated heterocycles. The van der Waals surface area contributed by atoms with E-state index in [2.05, 4.69) is 0 Å². The molecule has 0 bridgehead atoms. The van der Waals surface area contributed by atoms with Gasteiger partial charge in [-0.2, -0.15) is 0 Å². The second-order valence-corrected chi connectivity index (χ2v) is 8.60. The molecule has 2 aromatic carbocycles. The first-order valence-electron chi connectivity index (χ1n) is 10.2. The number of carbonyl (C=O) groups excluding carboxylic acids is 3. The molecule has 0 aromatic heterocycles. The van der Waals surface area contributed by atoms with Gasteiger partial charge >= 0.3 is 6.09 Å². The molecular weight excluding hydrogens is 416 g/mol. The fourth-order valence-electron chi connectivity index (χ4n) is 3.76. The number of nitrogens with zero attached hydrogens (tertiary/aromatic N) is 2. The summed E-state index contributed by atoms with van der Waals surface area (Å²) in [7, 11) is 1.48. The van der Waals surface area contributed by atoms with Gasteiger partial charge in [0.05, 0.1) is 6.04 Å². The van der Waals surface area contributed by atoms with Crippen LogP contribution in [-0.4, -0.2) is 53.3 Å². The zero-order valence-electron chi connectivity index (χ0n) is 17.2. The maximum absolute atomic E-state index is 12.6. The van der Waals surface area contributed by atoms with Gasteiger partial charge in [-0.3, -0.25) is 14.5 Å². The van der Waals surface area contributed by atoms with Gasteiger partial charge in [0, 0.05) is 19.2 Å². The third-order valence-electron chi connectivity index (χ3n) is 5.50. The SMILES string of the molecule is CN1C(=O)SC(c2ccccc2OC[C@@H]2CCCN2C(=O)OCc2ccccc2)C1=O. The minimum atomic E-state index is -0.607. The summed E-state index contributed by atoms with van der Waals surface area (Å²) in [6, 6.07) is 16.7. The maximum Gasteiger partial charge on any atom is 0.410 e. The Morgan fingerprint density at radius 3 is 2.58 bits per heavy atom. The molecule has 2 heterocycles. The van der Waals surface area contributed by atoms with Crippen molar-refractivity contribution in [2.45, 2.75) is 30.7 Å². The van der Waals surface area contributed by atoms with E-state index >= 15 is 0 Å². The fourth-order valence-corrected chi connectivity index (χ4v) is 4.79. The van der Waals surface area contributed by atoms with Crippen molar-refractivity contribution in [2.24, 2.45) is 0 Å². The van der Waals surface area contributed by atoms with Gasteiger partial charge in [0.2, 0.25) is 5.91 Å². The normalized spacial score (nSPS) is 20.9. The van der Waals surface area contributed by atoms with Gasteiger partial charge in [-0.25, -0.2) is 4.79 Å². The van der Waals surface area contributed by atoms with E-state index in [1.54, 1.807) is 17.0 Å². The lowest BCUT2D eigenvalue weighted by Crippen LogP contribution is -2.39. The van der Waals surface area contributed by atoms with Gasteiger partial charge in [-0.15, -0.1) is 0 Å². The third-order valence-corrected chi connectivity index (χ3v) is 6.66. The van der Waals surface area contributed by atoms with E-state index in [4.69, 9.17) is 9.47 Å². The molecule has 3 amide bonds. The lowest BCUT2D eigenvalue weighted by atomic mass is 10.1. The van der Waals surface area contributed by atoms with E-state index in [1.165, 1.54) is 7.05 Å². The second kappa shape index (κ2) is 9.43. The van der Waals surface area contributed by atoms with Crippen LogP contribution in [0.4, 0.5) is 9.59 Å². The molecule has 0 spiro atoms. The van der Waals surface area contributed by atoms with Gasteiger partial charge in [0.25, 0.3) is 5.24 Å². The van der Waals surface area contributed by atoms with Crippen LogP contribution in [0.25, 0.3) is 0 Å². The molecule has 2 aliphatic heterocycles. The Bertz CT molecular complexity index is 967. The van der Waals surface area contributed by atoms with Gasteiger partial charge in [0.15, 0.2) is 0 Å². The number of benzene rings is 2. The number of likely N-dealkylation sites (N-methyl/N-ethyl adjacent to an activating group) is 1. The third kappa shape index (κ3) is 4.69. The van der Waals surface area contributed by atoms with Crippen LogP contribution < -0.4 is 4.74 Å². The highest BCUT2D eigenvalue weighted by Gasteiger charge is 2.39. The van der Waals surface area contributed by atoms with Crippen LogP contribution in [0.15, 0.2) is 54.6 Å². The molecule has 2 aromatic rings. The summed E-state index contributed by atoms with van der Waals surface area (Å²) >= 11 is 0.990. The highest BCUT2D eigenvalue weighted by atomic mass is 32.2. The molecule has 1 unspecified atom stereocenters. The van der Waals surface area contributed by atoms with E-state index < -0.39 is 5.25 Å². The maximum atomic E-state index is 12.6. The van der Waals surface area contributed by atoms with Crippen LogP contribution in [0.3, 0.4) is 0 Å². The summed E-state index contributed by atoms with van der Waals surface area (Å²) in [5.74, 6) is 0.305.